The molecule has 1 saturated heterocycles. The normalized spacial score (nSPS) is 16.3. The van der Waals surface area contributed by atoms with Gasteiger partial charge in [0.1, 0.15) is 0 Å². The van der Waals surface area contributed by atoms with E-state index >= 15 is 0 Å². The van der Waals surface area contributed by atoms with Gasteiger partial charge in [0, 0.05) is 23.7 Å². The van der Waals surface area contributed by atoms with E-state index in [1.165, 1.54) is 0 Å². The zero-order chi connectivity index (χ0) is 20.4. The van der Waals surface area contributed by atoms with Crippen LogP contribution in [0.3, 0.4) is 0 Å². The highest BCUT2D eigenvalue weighted by Crippen LogP contribution is 2.32. The zero-order valence-electron chi connectivity index (χ0n) is 15.8. The highest BCUT2D eigenvalue weighted by atomic mass is 35.5. The monoisotopic (exact) mass is 410 g/mol. The first-order valence-corrected chi connectivity index (χ1v) is 9.60. The second kappa shape index (κ2) is 8.05. The Bertz CT molecular complexity index is 1030. The molecule has 148 valence electrons. The van der Waals surface area contributed by atoms with Gasteiger partial charge in [-0.15, -0.1) is 5.10 Å². The van der Waals surface area contributed by atoms with Gasteiger partial charge in [-0.05, 0) is 36.8 Å². The summed E-state index contributed by atoms with van der Waals surface area (Å²) in [7, 11) is 0. The average Bonchev–Trinajstić information content (AvgIpc) is 3.31. The van der Waals surface area contributed by atoms with Gasteiger partial charge in [0.25, 0.3) is 0 Å². The van der Waals surface area contributed by atoms with Crippen molar-refractivity contribution in [3.8, 4) is 0 Å². The van der Waals surface area contributed by atoms with Gasteiger partial charge in [0.05, 0.1) is 12.3 Å². The Morgan fingerprint density at radius 3 is 2.62 bits per heavy atom. The average molecular weight is 411 g/mol. The van der Waals surface area contributed by atoms with E-state index in [0.717, 1.165) is 16.8 Å². The van der Waals surface area contributed by atoms with Crippen molar-refractivity contribution >= 4 is 35.1 Å². The van der Waals surface area contributed by atoms with Crippen molar-refractivity contribution in [2.24, 2.45) is 0 Å². The molecule has 1 aliphatic rings. The molecule has 3 aromatic rings. The number of rotatable bonds is 5. The summed E-state index contributed by atoms with van der Waals surface area (Å²) in [4.78, 5) is 26.3. The number of hydrogen-bond acceptors (Lipinski definition) is 5. The maximum Gasteiger partial charge on any atom is 0.322 e. The van der Waals surface area contributed by atoms with Gasteiger partial charge < -0.3 is 9.32 Å². The maximum absolute atomic E-state index is 12.4. The number of amides is 2. The molecule has 0 radical (unpaired) electrons. The Morgan fingerprint density at radius 1 is 1.17 bits per heavy atom. The summed E-state index contributed by atoms with van der Waals surface area (Å²) in [6, 6.07) is 14.8. The molecule has 1 atom stereocenters. The predicted molar refractivity (Wildman–Crippen MR) is 109 cm³/mol. The lowest BCUT2D eigenvalue weighted by molar-refractivity contribution is -0.117. The third-order valence-corrected chi connectivity index (χ3v) is 5.04. The molecule has 1 unspecified atom stereocenters. The molecule has 29 heavy (non-hydrogen) atoms. The number of carbonyl (C=O) groups excluding carboxylic acids is 2. The number of carbonyl (C=O) groups is 2. The van der Waals surface area contributed by atoms with Crippen LogP contribution < -0.4 is 10.2 Å². The Labute approximate surface area is 172 Å². The summed E-state index contributed by atoms with van der Waals surface area (Å²) in [6.45, 7) is 2.42. The van der Waals surface area contributed by atoms with E-state index in [1.807, 2.05) is 31.2 Å². The topological polar surface area (TPSA) is 88.3 Å². The maximum atomic E-state index is 12.4. The molecule has 2 aromatic carbocycles. The fourth-order valence-corrected chi connectivity index (χ4v) is 3.37. The van der Waals surface area contributed by atoms with Gasteiger partial charge >= 0.3 is 6.01 Å². The minimum absolute atomic E-state index is 0.0273. The van der Waals surface area contributed by atoms with Crippen LogP contribution in [0.5, 0.6) is 0 Å². The second-order valence-corrected chi connectivity index (χ2v) is 7.47. The Balaban J connectivity index is 1.38. The molecular formula is C21H19ClN4O3. The third-order valence-electron chi connectivity index (χ3n) is 4.78. The molecule has 0 bridgehead atoms. The van der Waals surface area contributed by atoms with Gasteiger partial charge in [-0.3, -0.25) is 14.9 Å². The molecule has 1 fully saturated rings. The Morgan fingerprint density at radius 2 is 1.90 bits per heavy atom. The van der Waals surface area contributed by atoms with Gasteiger partial charge in [0.2, 0.25) is 17.7 Å². The van der Waals surface area contributed by atoms with E-state index in [-0.39, 0.29) is 36.6 Å². The number of nitrogens with zero attached hydrogens (tertiary/aromatic N) is 3. The molecule has 2 amide bonds. The largest absolute Gasteiger partial charge is 0.407 e. The number of nitrogens with one attached hydrogen (secondary N) is 1. The van der Waals surface area contributed by atoms with Crippen LogP contribution in [-0.4, -0.2) is 28.6 Å². The quantitative estimate of drug-likeness (QED) is 0.692. The van der Waals surface area contributed by atoms with Crippen molar-refractivity contribution in [1.29, 1.82) is 0 Å². The van der Waals surface area contributed by atoms with E-state index in [0.29, 0.717) is 17.5 Å². The van der Waals surface area contributed by atoms with E-state index < -0.39 is 0 Å². The van der Waals surface area contributed by atoms with Gasteiger partial charge in [-0.2, -0.15) is 0 Å². The number of hydrogen-bond donors (Lipinski definition) is 1. The molecule has 2 heterocycles. The summed E-state index contributed by atoms with van der Waals surface area (Å²) in [5.74, 6) is -0.163. The van der Waals surface area contributed by atoms with Crippen LogP contribution in [0.1, 0.15) is 29.4 Å². The van der Waals surface area contributed by atoms with E-state index in [2.05, 4.69) is 15.5 Å². The molecule has 8 heteroatoms. The fraction of sp³-hybridized carbons (Fsp3) is 0.238. The van der Waals surface area contributed by atoms with Crippen LogP contribution >= 0.6 is 11.6 Å². The van der Waals surface area contributed by atoms with Crippen LogP contribution in [0.15, 0.2) is 52.9 Å². The molecular weight excluding hydrogens is 392 g/mol. The minimum atomic E-state index is -0.241. The fourth-order valence-electron chi connectivity index (χ4n) is 3.25. The molecule has 0 aliphatic carbocycles. The SMILES string of the molecule is Cc1ccc(CC(=O)Nc2nnc(C3CC(=O)N(c4ccc(Cl)cc4)C3)o2)cc1. The first-order chi connectivity index (χ1) is 14.0. The van der Waals surface area contributed by atoms with Crippen molar-refractivity contribution in [3.05, 3.63) is 70.6 Å². The number of aryl methyl sites for hydroxylation is 1. The van der Waals surface area contributed by atoms with E-state index in [4.69, 9.17) is 16.0 Å². The molecule has 4 rings (SSSR count). The summed E-state index contributed by atoms with van der Waals surface area (Å²) < 4.78 is 5.59. The zero-order valence-corrected chi connectivity index (χ0v) is 16.5. The minimum Gasteiger partial charge on any atom is -0.407 e. The molecule has 1 N–H and O–H groups in total. The van der Waals surface area contributed by atoms with Crippen molar-refractivity contribution < 1.29 is 14.0 Å². The first kappa shape index (κ1) is 19.1. The molecule has 1 aromatic heterocycles. The molecule has 1 aliphatic heterocycles. The molecule has 0 saturated carbocycles. The van der Waals surface area contributed by atoms with Crippen LogP contribution in [0.2, 0.25) is 5.02 Å². The number of benzene rings is 2. The van der Waals surface area contributed by atoms with E-state index in [9.17, 15) is 9.59 Å². The number of halogens is 1. The predicted octanol–water partition coefficient (Wildman–Crippen LogP) is 3.73. The van der Waals surface area contributed by atoms with Crippen LogP contribution in [0.25, 0.3) is 0 Å². The lowest BCUT2D eigenvalue weighted by Crippen LogP contribution is -2.24. The van der Waals surface area contributed by atoms with Gasteiger partial charge in [0.15, 0.2) is 0 Å². The first-order valence-electron chi connectivity index (χ1n) is 9.22. The Hall–Kier alpha value is -3.19. The van der Waals surface area contributed by atoms with Crippen LogP contribution in [-0.2, 0) is 16.0 Å². The summed E-state index contributed by atoms with van der Waals surface area (Å²) in [5.41, 5.74) is 2.80. The van der Waals surface area contributed by atoms with Crippen LogP contribution in [0.4, 0.5) is 11.7 Å². The summed E-state index contributed by atoms with van der Waals surface area (Å²) in [6.07, 6.45) is 0.478. The second-order valence-electron chi connectivity index (χ2n) is 7.04. The smallest absolute Gasteiger partial charge is 0.322 e. The van der Waals surface area contributed by atoms with Gasteiger partial charge in [-0.1, -0.05) is 46.5 Å². The van der Waals surface area contributed by atoms with Crippen molar-refractivity contribution in [1.82, 2.24) is 10.2 Å². The van der Waals surface area contributed by atoms with Crippen molar-refractivity contribution in [2.45, 2.75) is 25.7 Å². The highest BCUT2D eigenvalue weighted by molar-refractivity contribution is 6.30. The highest BCUT2D eigenvalue weighted by Gasteiger charge is 2.35. The number of aromatic nitrogens is 2. The number of anilines is 2. The Kier molecular flexibility index (Phi) is 5.31. The molecule has 0 spiro atoms. The standard InChI is InChI=1S/C21H19ClN4O3/c1-13-2-4-14(5-3-13)10-18(27)23-21-25-24-20(29-21)15-11-19(28)26(12-15)17-8-6-16(22)7-9-17/h2-9,15H,10-12H2,1H3,(H,23,25,27). The van der Waals surface area contributed by atoms with Crippen molar-refractivity contribution in [3.63, 3.8) is 0 Å². The summed E-state index contributed by atoms with van der Waals surface area (Å²) >= 11 is 5.91. The third kappa shape index (κ3) is 4.46. The lowest BCUT2D eigenvalue weighted by atomic mass is 10.1. The summed E-state index contributed by atoms with van der Waals surface area (Å²) in [5, 5.41) is 11.1. The van der Waals surface area contributed by atoms with Crippen molar-refractivity contribution in [2.75, 3.05) is 16.8 Å². The van der Waals surface area contributed by atoms with E-state index in [1.54, 1.807) is 29.2 Å². The molecule has 7 nitrogen and oxygen atoms in total. The van der Waals surface area contributed by atoms with Gasteiger partial charge in [-0.25, -0.2) is 0 Å². The van der Waals surface area contributed by atoms with Crippen LogP contribution in [0, 0.1) is 6.92 Å². The lowest BCUT2D eigenvalue weighted by Gasteiger charge is -2.15.